The second-order valence-corrected chi connectivity index (χ2v) is 5.21. The van der Waals surface area contributed by atoms with Crippen molar-refractivity contribution in [2.24, 2.45) is 5.92 Å². The van der Waals surface area contributed by atoms with Gasteiger partial charge in [-0.2, -0.15) is 0 Å². The molecular formula is C11H18N2O2. The van der Waals surface area contributed by atoms with Crippen LogP contribution in [0.1, 0.15) is 25.7 Å². The predicted molar refractivity (Wildman–Crippen MR) is 55.4 cm³/mol. The normalized spacial score (nSPS) is 29.1. The molecular weight excluding hydrogens is 192 g/mol. The van der Waals surface area contributed by atoms with Crippen LogP contribution in [-0.2, 0) is 0 Å². The van der Waals surface area contributed by atoms with Gasteiger partial charge < -0.3 is 14.9 Å². The Morgan fingerprint density at radius 2 is 1.73 bits per heavy atom. The molecule has 3 rings (SSSR count). The minimum Gasteiger partial charge on any atom is -0.386 e. The van der Waals surface area contributed by atoms with Gasteiger partial charge >= 0.3 is 6.03 Å². The monoisotopic (exact) mass is 210 g/mol. The Labute approximate surface area is 89.8 Å². The number of aliphatic hydroxyl groups is 1. The van der Waals surface area contributed by atoms with Crippen molar-refractivity contribution in [2.75, 3.05) is 26.2 Å². The molecule has 0 aromatic carbocycles. The summed E-state index contributed by atoms with van der Waals surface area (Å²) in [5.41, 5.74) is -0.532. The molecule has 4 heteroatoms. The summed E-state index contributed by atoms with van der Waals surface area (Å²) < 4.78 is 0. The van der Waals surface area contributed by atoms with Gasteiger partial charge in [-0.3, -0.25) is 0 Å². The van der Waals surface area contributed by atoms with Crippen LogP contribution >= 0.6 is 0 Å². The fraction of sp³-hybridized carbons (Fsp3) is 0.909. The van der Waals surface area contributed by atoms with E-state index in [-0.39, 0.29) is 6.03 Å². The minimum absolute atomic E-state index is 0.137. The van der Waals surface area contributed by atoms with Crippen LogP contribution in [0.25, 0.3) is 0 Å². The maximum atomic E-state index is 11.9. The van der Waals surface area contributed by atoms with Crippen LogP contribution in [0.2, 0.25) is 0 Å². The highest BCUT2D eigenvalue weighted by Gasteiger charge is 2.53. The molecule has 1 N–H and O–H groups in total. The van der Waals surface area contributed by atoms with Crippen molar-refractivity contribution in [3.63, 3.8) is 0 Å². The first-order valence-electron chi connectivity index (χ1n) is 5.95. The van der Waals surface area contributed by atoms with E-state index in [2.05, 4.69) is 0 Å². The summed E-state index contributed by atoms with van der Waals surface area (Å²) >= 11 is 0. The smallest absolute Gasteiger partial charge is 0.320 e. The second-order valence-electron chi connectivity index (χ2n) is 5.21. The summed E-state index contributed by atoms with van der Waals surface area (Å²) in [6.07, 6.45) is 4.55. The molecule has 4 nitrogen and oxygen atoms in total. The maximum Gasteiger partial charge on any atom is 0.320 e. The summed E-state index contributed by atoms with van der Waals surface area (Å²) in [6.45, 7) is 2.92. The Balaban J connectivity index is 1.55. The van der Waals surface area contributed by atoms with Crippen molar-refractivity contribution < 1.29 is 9.90 Å². The van der Waals surface area contributed by atoms with E-state index in [0.29, 0.717) is 19.0 Å². The molecule has 0 aromatic heterocycles. The number of carbonyl (C=O) groups is 1. The van der Waals surface area contributed by atoms with Crippen LogP contribution in [0.15, 0.2) is 0 Å². The van der Waals surface area contributed by atoms with Gasteiger partial charge in [0.25, 0.3) is 0 Å². The summed E-state index contributed by atoms with van der Waals surface area (Å²) in [4.78, 5) is 15.6. The average Bonchev–Trinajstić information content (AvgIpc) is 2.89. The highest BCUT2D eigenvalue weighted by molar-refractivity contribution is 5.76. The summed E-state index contributed by atoms with van der Waals surface area (Å²) in [5.74, 6) is 0.472. The van der Waals surface area contributed by atoms with E-state index in [1.165, 1.54) is 0 Å². The van der Waals surface area contributed by atoms with Gasteiger partial charge in [0, 0.05) is 13.1 Å². The molecule has 15 heavy (non-hydrogen) atoms. The predicted octanol–water partition coefficient (Wildman–Crippen LogP) is 0.659. The fourth-order valence-electron chi connectivity index (χ4n) is 2.74. The average molecular weight is 210 g/mol. The van der Waals surface area contributed by atoms with E-state index in [1.807, 2.05) is 4.90 Å². The standard InChI is InChI=1S/C11H18N2O2/c14-10(12-5-1-2-6-12)13-7-11(15,8-13)9-3-4-9/h9,15H,1-8H2. The Bertz CT molecular complexity index is 276. The Morgan fingerprint density at radius 3 is 2.27 bits per heavy atom. The fourth-order valence-corrected chi connectivity index (χ4v) is 2.74. The lowest BCUT2D eigenvalue weighted by atomic mass is 9.89. The first kappa shape index (κ1) is 9.46. The zero-order chi connectivity index (χ0) is 10.5. The van der Waals surface area contributed by atoms with Gasteiger partial charge in [0.05, 0.1) is 13.1 Å². The van der Waals surface area contributed by atoms with Gasteiger partial charge in [0.2, 0.25) is 0 Å². The largest absolute Gasteiger partial charge is 0.386 e. The summed E-state index contributed by atoms with van der Waals surface area (Å²) in [6, 6.07) is 0.137. The van der Waals surface area contributed by atoms with Crippen molar-refractivity contribution in [1.29, 1.82) is 0 Å². The van der Waals surface area contributed by atoms with Gasteiger partial charge in [0.1, 0.15) is 5.60 Å². The number of nitrogens with zero attached hydrogens (tertiary/aromatic N) is 2. The number of β-amino-alcohol motifs (C(OH)–C–C–N with tert-alkyl or cyclic N) is 1. The third-order valence-corrected chi connectivity index (χ3v) is 3.91. The quantitative estimate of drug-likeness (QED) is 0.691. The highest BCUT2D eigenvalue weighted by atomic mass is 16.3. The first-order valence-corrected chi connectivity index (χ1v) is 5.95. The van der Waals surface area contributed by atoms with E-state index in [4.69, 9.17) is 0 Å². The molecule has 0 spiro atoms. The molecule has 1 saturated carbocycles. The molecule has 0 unspecified atom stereocenters. The first-order chi connectivity index (χ1) is 7.19. The van der Waals surface area contributed by atoms with Crippen molar-refractivity contribution in [1.82, 2.24) is 9.80 Å². The Kier molecular flexibility index (Phi) is 1.96. The van der Waals surface area contributed by atoms with Crippen LogP contribution in [-0.4, -0.2) is 52.7 Å². The van der Waals surface area contributed by atoms with Crippen molar-refractivity contribution in [3.05, 3.63) is 0 Å². The number of urea groups is 1. The minimum atomic E-state index is -0.532. The molecule has 3 fully saturated rings. The van der Waals surface area contributed by atoms with Gasteiger partial charge in [0.15, 0.2) is 0 Å². The molecule has 2 aliphatic heterocycles. The highest BCUT2D eigenvalue weighted by Crippen LogP contribution is 2.44. The number of carbonyl (C=O) groups excluding carboxylic acids is 1. The zero-order valence-electron chi connectivity index (χ0n) is 8.98. The molecule has 2 saturated heterocycles. The molecule has 1 aliphatic carbocycles. The summed E-state index contributed by atoms with van der Waals surface area (Å²) in [5, 5.41) is 10.1. The topological polar surface area (TPSA) is 43.8 Å². The zero-order valence-corrected chi connectivity index (χ0v) is 8.98. The number of amides is 2. The van der Waals surface area contributed by atoms with Crippen molar-refractivity contribution in [2.45, 2.75) is 31.3 Å². The van der Waals surface area contributed by atoms with Crippen LogP contribution in [0.5, 0.6) is 0 Å². The van der Waals surface area contributed by atoms with Crippen LogP contribution < -0.4 is 0 Å². The molecule has 3 aliphatic rings. The van der Waals surface area contributed by atoms with Gasteiger partial charge in [-0.25, -0.2) is 4.79 Å². The molecule has 0 bridgehead atoms. The maximum absolute atomic E-state index is 11.9. The molecule has 0 radical (unpaired) electrons. The van der Waals surface area contributed by atoms with E-state index >= 15 is 0 Å². The lowest BCUT2D eigenvalue weighted by molar-refractivity contribution is -0.0958. The second kappa shape index (κ2) is 3.11. The third-order valence-electron chi connectivity index (χ3n) is 3.91. The number of rotatable bonds is 1. The van der Waals surface area contributed by atoms with Crippen LogP contribution in [0.4, 0.5) is 4.79 Å². The van der Waals surface area contributed by atoms with E-state index in [1.54, 1.807) is 4.90 Å². The number of likely N-dealkylation sites (tertiary alicyclic amines) is 2. The van der Waals surface area contributed by atoms with E-state index in [9.17, 15) is 9.90 Å². The van der Waals surface area contributed by atoms with Crippen LogP contribution in [0.3, 0.4) is 0 Å². The van der Waals surface area contributed by atoms with Crippen molar-refractivity contribution in [3.8, 4) is 0 Å². The molecule has 84 valence electrons. The lowest BCUT2D eigenvalue weighted by Crippen LogP contribution is -2.66. The van der Waals surface area contributed by atoms with Gasteiger partial charge in [-0.05, 0) is 31.6 Å². The molecule has 0 atom stereocenters. The molecule has 0 aromatic rings. The van der Waals surface area contributed by atoms with E-state index < -0.39 is 5.60 Å². The Hall–Kier alpha value is -0.770. The number of hydrogen-bond acceptors (Lipinski definition) is 2. The lowest BCUT2D eigenvalue weighted by Gasteiger charge is -2.47. The van der Waals surface area contributed by atoms with Crippen molar-refractivity contribution >= 4 is 6.03 Å². The van der Waals surface area contributed by atoms with Crippen LogP contribution in [0, 0.1) is 5.92 Å². The number of hydrogen-bond donors (Lipinski definition) is 1. The molecule has 2 heterocycles. The van der Waals surface area contributed by atoms with E-state index in [0.717, 1.165) is 38.8 Å². The Morgan fingerprint density at radius 1 is 1.13 bits per heavy atom. The van der Waals surface area contributed by atoms with Gasteiger partial charge in [-0.1, -0.05) is 0 Å². The SMILES string of the molecule is O=C(N1CCCC1)N1CC(O)(C2CC2)C1. The van der Waals surface area contributed by atoms with Gasteiger partial charge in [-0.15, -0.1) is 0 Å². The summed E-state index contributed by atoms with van der Waals surface area (Å²) in [7, 11) is 0. The third kappa shape index (κ3) is 1.51. The molecule has 2 amide bonds.